The SMILES string of the molecule is Cn1cc(C(=O)c2cnn(-c3cncc4c(F)cccc34)c2C(F)(F)F)c2cc(Cl)c(-n3nccn3)nc21.O=S(=O)(O)O. The number of halogens is 5. The van der Waals surface area contributed by atoms with Crippen LogP contribution in [-0.2, 0) is 23.6 Å². The molecule has 6 rings (SSSR count). The van der Waals surface area contributed by atoms with Crippen molar-refractivity contribution in [1.82, 2.24) is 39.3 Å². The lowest BCUT2D eigenvalue weighted by atomic mass is 10.0. The lowest BCUT2D eigenvalue weighted by Crippen LogP contribution is -2.18. The Balaban J connectivity index is 0.000000682. The number of ketones is 1. The average Bonchev–Trinajstić information content (AvgIpc) is 3.66. The Labute approximate surface area is 242 Å². The van der Waals surface area contributed by atoms with Crippen molar-refractivity contribution in [1.29, 1.82) is 0 Å². The van der Waals surface area contributed by atoms with E-state index in [1.165, 1.54) is 58.4 Å². The van der Waals surface area contributed by atoms with Crippen LogP contribution in [-0.4, -0.2) is 62.6 Å². The van der Waals surface area contributed by atoms with E-state index in [0.29, 0.717) is 4.68 Å². The van der Waals surface area contributed by atoms with Crippen molar-refractivity contribution < 1.29 is 39.9 Å². The van der Waals surface area contributed by atoms with Crippen molar-refractivity contribution in [3.63, 3.8) is 0 Å². The molecule has 0 spiro atoms. The molecule has 6 aromatic rings. The van der Waals surface area contributed by atoms with Crippen molar-refractivity contribution in [2.24, 2.45) is 7.05 Å². The maximum absolute atomic E-state index is 14.4. The summed E-state index contributed by atoms with van der Waals surface area (Å²) in [6.45, 7) is 0. The zero-order chi connectivity index (χ0) is 31.3. The van der Waals surface area contributed by atoms with E-state index in [4.69, 9.17) is 29.1 Å². The van der Waals surface area contributed by atoms with Crippen molar-refractivity contribution >= 4 is 49.6 Å². The van der Waals surface area contributed by atoms with E-state index in [0.717, 1.165) is 12.4 Å². The highest BCUT2D eigenvalue weighted by atomic mass is 35.5. The summed E-state index contributed by atoms with van der Waals surface area (Å²) in [5.74, 6) is -1.42. The fourth-order valence-corrected chi connectivity index (χ4v) is 4.56. The van der Waals surface area contributed by atoms with Crippen molar-refractivity contribution in [2.75, 3.05) is 0 Å². The number of nitrogens with zero attached hydrogens (tertiary/aromatic N) is 8. The number of carbonyl (C=O) groups is 1. The lowest BCUT2D eigenvalue weighted by molar-refractivity contribution is -0.143. The van der Waals surface area contributed by atoms with E-state index in [1.54, 1.807) is 7.05 Å². The number of benzene rings is 1. The Kier molecular flexibility index (Phi) is 7.46. The third-order valence-electron chi connectivity index (χ3n) is 5.98. The number of hydrogen-bond donors (Lipinski definition) is 2. The van der Waals surface area contributed by atoms with E-state index in [1.807, 2.05) is 0 Å². The zero-order valence-electron chi connectivity index (χ0n) is 21.3. The zero-order valence-corrected chi connectivity index (χ0v) is 22.8. The molecule has 222 valence electrons. The second-order valence-corrected chi connectivity index (χ2v) is 10.0. The van der Waals surface area contributed by atoms with Crippen LogP contribution < -0.4 is 0 Å². The molecule has 0 saturated heterocycles. The van der Waals surface area contributed by atoms with Gasteiger partial charge in [0.1, 0.15) is 11.5 Å². The van der Waals surface area contributed by atoms with Gasteiger partial charge < -0.3 is 4.57 Å². The first kappa shape index (κ1) is 29.7. The lowest BCUT2D eigenvalue weighted by Gasteiger charge is -2.14. The van der Waals surface area contributed by atoms with Crippen LogP contribution in [0.5, 0.6) is 0 Å². The highest BCUT2D eigenvalue weighted by Gasteiger charge is 2.41. The number of aryl methyl sites for hydroxylation is 1. The summed E-state index contributed by atoms with van der Waals surface area (Å²) in [5.41, 5.74) is -1.95. The van der Waals surface area contributed by atoms with Crippen LogP contribution in [0, 0.1) is 5.82 Å². The fraction of sp³-hybridized carbons (Fsp3) is 0.0833. The average molecular weight is 639 g/mol. The number of carbonyl (C=O) groups excluding carboxylic acids is 1. The number of fused-ring (bicyclic) bond motifs is 2. The third-order valence-corrected chi connectivity index (χ3v) is 6.26. The molecule has 2 N–H and O–H groups in total. The molecule has 5 aromatic heterocycles. The number of rotatable bonds is 4. The molecule has 0 aliphatic carbocycles. The third kappa shape index (κ3) is 5.80. The monoisotopic (exact) mass is 638 g/mol. The van der Waals surface area contributed by atoms with Gasteiger partial charge in [0.05, 0.1) is 41.1 Å². The van der Waals surface area contributed by atoms with Gasteiger partial charge in [0.25, 0.3) is 0 Å². The van der Waals surface area contributed by atoms with E-state index < -0.39 is 39.4 Å². The molecular formula is C24H15ClF4N8O5S. The van der Waals surface area contributed by atoms with Gasteiger partial charge in [0, 0.05) is 41.2 Å². The first-order chi connectivity index (χ1) is 20.1. The van der Waals surface area contributed by atoms with Gasteiger partial charge in [0.15, 0.2) is 17.3 Å². The van der Waals surface area contributed by atoms with Gasteiger partial charge in [-0.3, -0.25) is 18.9 Å². The topological polar surface area (TPSA) is 171 Å². The molecular weight excluding hydrogens is 624 g/mol. The van der Waals surface area contributed by atoms with Gasteiger partial charge in [-0.05, 0) is 12.1 Å². The van der Waals surface area contributed by atoms with E-state index in [-0.39, 0.29) is 43.9 Å². The first-order valence-electron chi connectivity index (χ1n) is 11.6. The highest BCUT2D eigenvalue weighted by molar-refractivity contribution is 7.79. The van der Waals surface area contributed by atoms with Crippen LogP contribution in [0.3, 0.4) is 0 Å². The Morgan fingerprint density at radius 2 is 1.65 bits per heavy atom. The molecule has 0 radical (unpaired) electrons. The van der Waals surface area contributed by atoms with Crippen LogP contribution in [0.25, 0.3) is 33.3 Å². The molecule has 0 unspecified atom stereocenters. The minimum atomic E-state index is -4.99. The summed E-state index contributed by atoms with van der Waals surface area (Å²) in [5, 5.41) is 12.3. The van der Waals surface area contributed by atoms with E-state index >= 15 is 0 Å². The minimum absolute atomic E-state index is 0.0127. The van der Waals surface area contributed by atoms with Crippen molar-refractivity contribution in [3.05, 3.63) is 89.1 Å². The van der Waals surface area contributed by atoms with E-state index in [9.17, 15) is 22.4 Å². The van der Waals surface area contributed by atoms with Crippen LogP contribution in [0.15, 0.2) is 61.4 Å². The molecule has 0 bridgehead atoms. The molecule has 0 fully saturated rings. The molecule has 0 saturated carbocycles. The fourth-order valence-electron chi connectivity index (χ4n) is 4.33. The molecule has 19 heteroatoms. The van der Waals surface area contributed by atoms with Gasteiger partial charge in [-0.25, -0.2) is 14.1 Å². The molecule has 0 aliphatic heterocycles. The Morgan fingerprint density at radius 1 is 0.977 bits per heavy atom. The molecule has 1 aromatic carbocycles. The number of hydrogen-bond acceptors (Lipinski definition) is 8. The van der Waals surface area contributed by atoms with Crippen LogP contribution in [0.4, 0.5) is 17.6 Å². The molecule has 0 amide bonds. The maximum atomic E-state index is 14.4. The second kappa shape index (κ2) is 10.8. The standard InChI is InChI=1S/C24H13ClF4N8O.H2O4S/c1-35-11-16(13-7-17(25)23(34-22(13)35)37-31-5-6-32-37)20(38)15-9-33-36(21(15)24(27,28)29)19-10-30-8-14-12(19)3-2-4-18(14)26;1-5(2,3)4/h2-11H,1H3;(H2,1,2,3,4). The summed E-state index contributed by atoms with van der Waals surface area (Å²) in [4.78, 5) is 23.1. The normalized spacial score (nSPS) is 12.0. The van der Waals surface area contributed by atoms with Crippen LogP contribution in [0.1, 0.15) is 21.6 Å². The summed E-state index contributed by atoms with van der Waals surface area (Å²) in [6, 6.07) is 5.40. The molecule has 0 aliphatic rings. The van der Waals surface area contributed by atoms with Gasteiger partial charge >= 0.3 is 16.6 Å². The van der Waals surface area contributed by atoms with Crippen molar-refractivity contribution in [3.8, 4) is 11.5 Å². The van der Waals surface area contributed by atoms with Gasteiger partial charge in [-0.2, -0.15) is 36.9 Å². The number of pyridine rings is 2. The molecule has 0 atom stereocenters. The van der Waals surface area contributed by atoms with Crippen molar-refractivity contribution in [2.45, 2.75) is 6.18 Å². The maximum Gasteiger partial charge on any atom is 0.434 e. The second-order valence-electron chi connectivity index (χ2n) is 8.72. The van der Waals surface area contributed by atoms with Gasteiger partial charge in [-0.1, -0.05) is 23.7 Å². The Morgan fingerprint density at radius 3 is 2.30 bits per heavy atom. The van der Waals surface area contributed by atoms with E-state index in [2.05, 4.69) is 25.3 Å². The predicted molar refractivity (Wildman–Crippen MR) is 142 cm³/mol. The Bertz CT molecular complexity index is 2120. The van der Waals surface area contributed by atoms with Gasteiger partial charge in [0.2, 0.25) is 0 Å². The summed E-state index contributed by atoms with van der Waals surface area (Å²) >= 11 is 6.36. The predicted octanol–water partition coefficient (Wildman–Crippen LogP) is 4.28. The number of aromatic nitrogens is 8. The van der Waals surface area contributed by atoms with Crippen LogP contribution in [0.2, 0.25) is 5.02 Å². The summed E-state index contributed by atoms with van der Waals surface area (Å²) < 4.78 is 91.2. The van der Waals surface area contributed by atoms with Gasteiger partial charge in [-0.15, -0.1) is 4.80 Å². The highest BCUT2D eigenvalue weighted by Crippen LogP contribution is 2.37. The molecule has 13 nitrogen and oxygen atoms in total. The Hall–Kier alpha value is -4.78. The minimum Gasteiger partial charge on any atom is -0.335 e. The smallest absolute Gasteiger partial charge is 0.335 e. The largest absolute Gasteiger partial charge is 0.434 e. The number of alkyl halides is 3. The quantitative estimate of drug-likeness (QED) is 0.161. The summed E-state index contributed by atoms with van der Waals surface area (Å²) in [7, 11) is -3.08. The molecule has 5 heterocycles. The molecule has 43 heavy (non-hydrogen) atoms. The summed E-state index contributed by atoms with van der Waals surface area (Å²) in [6.07, 6.45) is 2.40. The first-order valence-corrected chi connectivity index (χ1v) is 13.4. The van der Waals surface area contributed by atoms with Crippen LogP contribution >= 0.6 is 11.6 Å².